The van der Waals surface area contributed by atoms with Gasteiger partial charge in [0.05, 0.1) is 5.41 Å². The number of hydrogen-bond acceptors (Lipinski definition) is 7. The predicted octanol–water partition coefficient (Wildman–Crippen LogP) is 3.03. The molecule has 0 amide bonds. The molecule has 0 bridgehead atoms. The zero-order chi connectivity index (χ0) is 25.4. The second kappa shape index (κ2) is 12.9. The summed E-state index contributed by atoms with van der Waals surface area (Å²) in [6, 6.07) is 8.86. The van der Waals surface area contributed by atoms with Crippen molar-refractivity contribution in [2.24, 2.45) is 11.3 Å². The molecule has 1 aromatic rings. The van der Waals surface area contributed by atoms with Crippen molar-refractivity contribution < 1.29 is 24.2 Å². The number of carboxylic acid groups (broad SMARTS) is 1. The van der Waals surface area contributed by atoms with Gasteiger partial charge in [0.25, 0.3) is 6.47 Å². The highest BCUT2D eigenvalue weighted by Crippen LogP contribution is 2.44. The number of rotatable bonds is 6. The zero-order valence-corrected chi connectivity index (χ0v) is 21.8. The van der Waals surface area contributed by atoms with Gasteiger partial charge in [-0.15, -0.1) is 0 Å². The topological polar surface area (TPSA) is 82.5 Å². The van der Waals surface area contributed by atoms with Crippen LogP contribution < -0.4 is 4.90 Å². The molecule has 4 saturated heterocycles. The summed E-state index contributed by atoms with van der Waals surface area (Å²) in [5, 5.41) is 6.89. The van der Waals surface area contributed by atoms with Crippen LogP contribution in [0.4, 0.5) is 5.69 Å². The number of carbonyl (C=O) groups is 2. The van der Waals surface area contributed by atoms with Crippen molar-refractivity contribution in [3.8, 4) is 0 Å². The third-order valence-corrected chi connectivity index (χ3v) is 8.53. The number of nitrogens with zero attached hydrogens (tertiary/aromatic N) is 3. The molecule has 200 valence electrons. The van der Waals surface area contributed by atoms with E-state index in [0.717, 1.165) is 90.6 Å². The number of carbonyl (C=O) groups excluding carboxylic acids is 1. The smallest absolute Gasteiger partial charge is 0.312 e. The number of ether oxygens (including phenoxy) is 2. The van der Waals surface area contributed by atoms with Gasteiger partial charge in [-0.3, -0.25) is 14.5 Å². The van der Waals surface area contributed by atoms with Gasteiger partial charge in [0, 0.05) is 64.6 Å². The number of hydrogen-bond donors (Lipinski definition) is 1. The highest BCUT2D eigenvalue weighted by molar-refractivity contribution is 5.79. The Labute approximate surface area is 215 Å². The summed E-state index contributed by atoms with van der Waals surface area (Å²) in [5.41, 5.74) is 2.43. The minimum atomic E-state index is -0.250. The van der Waals surface area contributed by atoms with Crippen LogP contribution in [-0.4, -0.2) is 99.0 Å². The van der Waals surface area contributed by atoms with E-state index in [9.17, 15) is 4.79 Å². The summed E-state index contributed by atoms with van der Waals surface area (Å²) in [6.45, 7) is 12.3. The molecule has 1 atom stereocenters. The first kappa shape index (κ1) is 26.9. The highest BCUT2D eigenvalue weighted by atomic mass is 16.6. The molecule has 36 heavy (non-hydrogen) atoms. The number of piperidine rings is 1. The number of likely N-dealkylation sites (tertiary alicyclic amines) is 1. The molecular weight excluding hydrogens is 458 g/mol. The van der Waals surface area contributed by atoms with Crippen molar-refractivity contribution in [2.45, 2.75) is 51.6 Å². The summed E-state index contributed by atoms with van der Waals surface area (Å²) < 4.78 is 11.4. The normalized spacial score (nSPS) is 25.3. The lowest BCUT2D eigenvalue weighted by molar-refractivity contribution is -0.151. The van der Waals surface area contributed by atoms with E-state index in [1.165, 1.54) is 30.6 Å². The van der Waals surface area contributed by atoms with E-state index in [1.54, 1.807) is 0 Å². The minimum Gasteiger partial charge on any atom is -0.483 e. The van der Waals surface area contributed by atoms with E-state index in [0.29, 0.717) is 0 Å². The third kappa shape index (κ3) is 6.99. The number of anilines is 1. The van der Waals surface area contributed by atoms with Gasteiger partial charge >= 0.3 is 5.97 Å². The Morgan fingerprint density at radius 3 is 2.28 bits per heavy atom. The fraction of sp³-hybridized carbons (Fsp3) is 0.714. The molecule has 8 heteroatoms. The molecule has 5 rings (SSSR count). The van der Waals surface area contributed by atoms with Gasteiger partial charge in [-0.25, -0.2) is 0 Å². The van der Waals surface area contributed by atoms with Crippen molar-refractivity contribution in [3.05, 3.63) is 29.8 Å². The molecule has 4 fully saturated rings. The van der Waals surface area contributed by atoms with Gasteiger partial charge in [-0.1, -0.05) is 17.7 Å². The van der Waals surface area contributed by atoms with E-state index in [4.69, 9.17) is 19.4 Å². The van der Waals surface area contributed by atoms with E-state index >= 15 is 0 Å². The molecule has 4 aliphatic heterocycles. The molecule has 0 radical (unpaired) electrons. The van der Waals surface area contributed by atoms with Gasteiger partial charge in [-0.05, 0) is 70.2 Å². The minimum absolute atomic E-state index is 0.0856. The lowest BCUT2D eigenvalue weighted by atomic mass is 9.75. The predicted molar refractivity (Wildman–Crippen MR) is 139 cm³/mol. The molecular formula is C28H43N3O5. The van der Waals surface area contributed by atoms with Gasteiger partial charge in [0.2, 0.25) is 0 Å². The largest absolute Gasteiger partial charge is 0.483 e. The van der Waals surface area contributed by atoms with Gasteiger partial charge in [0.1, 0.15) is 6.10 Å². The number of piperazine rings is 1. The van der Waals surface area contributed by atoms with Crippen LogP contribution >= 0.6 is 0 Å². The van der Waals surface area contributed by atoms with E-state index in [-0.39, 0.29) is 24.0 Å². The molecule has 1 unspecified atom stereocenters. The average molecular weight is 502 g/mol. The van der Waals surface area contributed by atoms with Crippen LogP contribution in [-0.2, 0) is 19.1 Å². The molecule has 4 heterocycles. The Hall–Kier alpha value is -2.16. The lowest BCUT2D eigenvalue weighted by Crippen LogP contribution is -2.47. The maximum atomic E-state index is 12.9. The summed E-state index contributed by atoms with van der Waals surface area (Å²) in [7, 11) is 0. The first-order valence-electron chi connectivity index (χ1n) is 13.6. The zero-order valence-electron chi connectivity index (χ0n) is 21.8. The van der Waals surface area contributed by atoms with Crippen molar-refractivity contribution in [1.29, 1.82) is 0 Å². The molecule has 1 spiro atoms. The Morgan fingerprint density at radius 1 is 1.00 bits per heavy atom. The van der Waals surface area contributed by atoms with Crippen LogP contribution in [0.2, 0.25) is 0 Å². The summed E-state index contributed by atoms with van der Waals surface area (Å²) in [6.07, 6.45) is 6.33. The van der Waals surface area contributed by atoms with Crippen LogP contribution in [0.15, 0.2) is 24.3 Å². The molecule has 0 aliphatic carbocycles. The third-order valence-electron chi connectivity index (χ3n) is 8.53. The second-order valence-corrected chi connectivity index (χ2v) is 10.9. The maximum absolute atomic E-state index is 12.9. The van der Waals surface area contributed by atoms with Crippen molar-refractivity contribution in [2.75, 3.05) is 70.5 Å². The van der Waals surface area contributed by atoms with Crippen molar-refractivity contribution in [3.63, 3.8) is 0 Å². The quantitative estimate of drug-likeness (QED) is 0.471. The average Bonchev–Trinajstić information content (AvgIpc) is 3.20. The van der Waals surface area contributed by atoms with E-state index in [2.05, 4.69) is 45.9 Å². The molecule has 1 aromatic carbocycles. The van der Waals surface area contributed by atoms with Crippen LogP contribution in [0.25, 0.3) is 0 Å². The number of benzene rings is 1. The summed E-state index contributed by atoms with van der Waals surface area (Å²) >= 11 is 0. The van der Waals surface area contributed by atoms with Crippen LogP contribution in [0.5, 0.6) is 0 Å². The fourth-order valence-electron chi connectivity index (χ4n) is 6.18. The Morgan fingerprint density at radius 2 is 1.64 bits per heavy atom. The maximum Gasteiger partial charge on any atom is 0.312 e. The Balaban J connectivity index is 0.000000967. The first-order chi connectivity index (χ1) is 17.5. The second-order valence-electron chi connectivity index (χ2n) is 10.9. The number of aryl methyl sites for hydroxylation is 1. The molecule has 4 aliphatic rings. The fourth-order valence-corrected chi connectivity index (χ4v) is 6.18. The van der Waals surface area contributed by atoms with Gasteiger partial charge in [0.15, 0.2) is 0 Å². The van der Waals surface area contributed by atoms with Crippen molar-refractivity contribution in [1.82, 2.24) is 9.80 Å². The molecule has 8 nitrogen and oxygen atoms in total. The summed E-state index contributed by atoms with van der Waals surface area (Å²) in [4.78, 5) is 28.8. The lowest BCUT2D eigenvalue weighted by Gasteiger charge is -2.38. The number of esters is 1. The Bertz CT molecular complexity index is 826. The summed E-state index contributed by atoms with van der Waals surface area (Å²) in [5.74, 6) is 0.852. The van der Waals surface area contributed by atoms with Crippen molar-refractivity contribution >= 4 is 18.1 Å². The van der Waals surface area contributed by atoms with Crippen LogP contribution in [0.3, 0.4) is 0 Å². The molecule has 1 N–H and O–H groups in total. The van der Waals surface area contributed by atoms with Gasteiger partial charge in [-0.2, -0.15) is 0 Å². The van der Waals surface area contributed by atoms with Crippen LogP contribution in [0, 0.1) is 18.3 Å². The SMILES string of the molecule is Cc1ccc(N2CCN(CCC3CC4(CCN(CC5CCOCC5)CC4)C(=O)O3)CC2)cc1.O=CO. The highest BCUT2D eigenvalue weighted by Gasteiger charge is 2.50. The first-order valence-corrected chi connectivity index (χ1v) is 13.6. The molecule has 0 saturated carbocycles. The standard InChI is InChI=1S/C27H41N3O3.CH2O2/c1-22-2-4-24(5-3-22)30-16-14-28(15-17-30)11-6-25-20-27(26(31)33-25)9-12-29(13-10-27)21-23-7-18-32-19-8-23;2-1-3/h2-5,23,25H,6-21H2,1H3;1H,(H,2,3). The van der Waals surface area contributed by atoms with E-state index < -0.39 is 0 Å². The number of cyclic esters (lactones) is 1. The van der Waals surface area contributed by atoms with Crippen LogP contribution in [0.1, 0.15) is 44.1 Å². The Kier molecular flexibility index (Phi) is 9.62. The van der Waals surface area contributed by atoms with E-state index in [1.807, 2.05) is 0 Å². The van der Waals surface area contributed by atoms with Gasteiger partial charge < -0.3 is 24.4 Å². The monoisotopic (exact) mass is 501 g/mol. The molecule has 0 aromatic heterocycles.